The van der Waals surface area contributed by atoms with Gasteiger partial charge in [0.05, 0.1) is 12.2 Å². The number of carbonyl (C=O) groups excluding carboxylic acids is 2. The highest BCUT2D eigenvalue weighted by Gasteiger charge is 2.08. The Morgan fingerprint density at radius 2 is 1.78 bits per heavy atom. The van der Waals surface area contributed by atoms with Gasteiger partial charge in [-0.15, -0.1) is 0 Å². The van der Waals surface area contributed by atoms with E-state index in [4.69, 9.17) is 13.9 Å². The second kappa shape index (κ2) is 8.18. The van der Waals surface area contributed by atoms with Crippen LogP contribution in [0.4, 0.5) is 5.69 Å². The van der Waals surface area contributed by atoms with E-state index in [-0.39, 0.29) is 12.5 Å². The van der Waals surface area contributed by atoms with E-state index in [1.54, 1.807) is 55.5 Å². The summed E-state index contributed by atoms with van der Waals surface area (Å²) in [6.07, 6.45) is 0. The van der Waals surface area contributed by atoms with Crippen molar-refractivity contribution in [3.05, 3.63) is 70.6 Å². The first kappa shape index (κ1) is 18.2. The van der Waals surface area contributed by atoms with Crippen LogP contribution >= 0.6 is 0 Å². The van der Waals surface area contributed by atoms with Gasteiger partial charge in [-0.2, -0.15) is 0 Å². The van der Waals surface area contributed by atoms with E-state index in [0.717, 1.165) is 5.39 Å². The zero-order valence-electron chi connectivity index (χ0n) is 14.6. The topological polar surface area (TPSA) is 94.8 Å². The molecule has 138 valence electrons. The summed E-state index contributed by atoms with van der Waals surface area (Å²) < 4.78 is 15.4. The van der Waals surface area contributed by atoms with Gasteiger partial charge in [0.25, 0.3) is 5.91 Å². The molecule has 27 heavy (non-hydrogen) atoms. The van der Waals surface area contributed by atoms with Gasteiger partial charge in [0.15, 0.2) is 6.61 Å². The van der Waals surface area contributed by atoms with Crippen LogP contribution in [0.2, 0.25) is 0 Å². The van der Waals surface area contributed by atoms with Gasteiger partial charge in [-0.1, -0.05) is 0 Å². The minimum Gasteiger partial charge on any atom is -0.484 e. The molecule has 0 aliphatic heterocycles. The monoisotopic (exact) mass is 367 g/mol. The molecule has 1 aromatic heterocycles. The molecule has 0 aliphatic rings. The number of hydrogen-bond donors (Lipinski definition) is 1. The molecule has 0 atom stereocenters. The maximum absolute atomic E-state index is 12.0. The molecule has 0 bridgehead atoms. The third-order valence-electron chi connectivity index (χ3n) is 3.64. The van der Waals surface area contributed by atoms with Crippen molar-refractivity contribution < 1.29 is 23.5 Å². The Kier molecular flexibility index (Phi) is 5.51. The molecule has 0 saturated heterocycles. The number of amides is 1. The van der Waals surface area contributed by atoms with Crippen molar-refractivity contribution in [2.24, 2.45) is 0 Å². The molecule has 0 unspecified atom stereocenters. The van der Waals surface area contributed by atoms with Crippen molar-refractivity contribution in [1.29, 1.82) is 0 Å². The highest BCUT2D eigenvalue weighted by molar-refractivity contribution is 5.93. The van der Waals surface area contributed by atoms with E-state index in [0.29, 0.717) is 29.2 Å². The second-order valence-corrected chi connectivity index (χ2v) is 5.59. The van der Waals surface area contributed by atoms with Gasteiger partial charge in [-0.05, 0) is 49.4 Å². The van der Waals surface area contributed by atoms with Crippen LogP contribution in [-0.4, -0.2) is 25.1 Å². The predicted octanol–water partition coefficient (Wildman–Crippen LogP) is 2.99. The maximum Gasteiger partial charge on any atom is 0.338 e. The number of anilines is 1. The molecule has 7 heteroatoms. The number of nitrogens with one attached hydrogen (secondary N) is 1. The summed E-state index contributed by atoms with van der Waals surface area (Å²) in [5.74, 6) is -0.375. The van der Waals surface area contributed by atoms with Crippen molar-refractivity contribution in [1.82, 2.24) is 0 Å². The van der Waals surface area contributed by atoms with Crippen LogP contribution in [0.1, 0.15) is 17.3 Å². The summed E-state index contributed by atoms with van der Waals surface area (Å²) in [6, 6.07) is 14.3. The molecule has 0 fully saturated rings. The first-order valence-corrected chi connectivity index (χ1v) is 8.29. The minimum absolute atomic E-state index is 0.220. The highest BCUT2D eigenvalue weighted by atomic mass is 16.5. The lowest BCUT2D eigenvalue weighted by molar-refractivity contribution is -0.118. The van der Waals surface area contributed by atoms with Crippen LogP contribution < -0.4 is 15.7 Å². The fourth-order valence-corrected chi connectivity index (χ4v) is 2.38. The Hall–Kier alpha value is -3.61. The molecule has 1 heterocycles. The largest absolute Gasteiger partial charge is 0.484 e. The zero-order valence-corrected chi connectivity index (χ0v) is 14.6. The average Bonchev–Trinajstić information content (AvgIpc) is 2.66. The van der Waals surface area contributed by atoms with E-state index < -0.39 is 11.6 Å². The Balaban J connectivity index is 1.58. The van der Waals surface area contributed by atoms with Crippen LogP contribution in [0.15, 0.2) is 63.8 Å². The zero-order chi connectivity index (χ0) is 19.2. The summed E-state index contributed by atoms with van der Waals surface area (Å²) in [5.41, 5.74) is 0.864. The van der Waals surface area contributed by atoms with Crippen LogP contribution in [-0.2, 0) is 9.53 Å². The third-order valence-corrected chi connectivity index (χ3v) is 3.64. The summed E-state index contributed by atoms with van der Waals surface area (Å²) >= 11 is 0. The maximum atomic E-state index is 12.0. The number of esters is 1. The Bertz CT molecular complexity index is 1020. The number of ether oxygens (including phenoxy) is 2. The van der Waals surface area contributed by atoms with Crippen molar-refractivity contribution >= 4 is 28.5 Å². The molecule has 7 nitrogen and oxygen atoms in total. The lowest BCUT2D eigenvalue weighted by Crippen LogP contribution is -2.20. The molecule has 1 N–H and O–H groups in total. The van der Waals surface area contributed by atoms with Gasteiger partial charge in [0.2, 0.25) is 0 Å². The van der Waals surface area contributed by atoms with Crippen molar-refractivity contribution in [2.45, 2.75) is 6.92 Å². The summed E-state index contributed by atoms with van der Waals surface area (Å²) in [5, 5.41) is 3.42. The second-order valence-electron chi connectivity index (χ2n) is 5.59. The number of fused-ring (bicyclic) bond motifs is 1. The molecule has 0 aliphatic carbocycles. The number of rotatable bonds is 6. The van der Waals surface area contributed by atoms with Crippen molar-refractivity contribution in [3.63, 3.8) is 0 Å². The molecular formula is C20H17NO6. The molecule has 3 aromatic rings. The minimum atomic E-state index is -0.455. The molecule has 0 saturated carbocycles. The standard InChI is InChI=1S/C20H17NO6/c1-2-25-20(24)14-3-7-15(8-4-14)21-18(22)12-26-16-9-5-13-6-10-19(23)27-17(13)11-16/h3-11H,2,12H2,1H3,(H,21,22). The Morgan fingerprint density at radius 3 is 2.52 bits per heavy atom. The Morgan fingerprint density at radius 1 is 1.04 bits per heavy atom. The Labute approximate surface area is 154 Å². The predicted molar refractivity (Wildman–Crippen MR) is 99.0 cm³/mol. The van der Waals surface area contributed by atoms with Crippen LogP contribution in [0.3, 0.4) is 0 Å². The van der Waals surface area contributed by atoms with Gasteiger partial charge < -0.3 is 19.2 Å². The summed E-state index contributed by atoms with van der Waals surface area (Å²) in [6.45, 7) is 1.81. The lowest BCUT2D eigenvalue weighted by atomic mass is 10.2. The third kappa shape index (κ3) is 4.72. The number of hydrogen-bond acceptors (Lipinski definition) is 6. The van der Waals surface area contributed by atoms with E-state index in [1.807, 2.05) is 0 Å². The molecule has 0 spiro atoms. The average molecular weight is 367 g/mol. The van der Waals surface area contributed by atoms with Gasteiger partial charge >= 0.3 is 11.6 Å². The summed E-state index contributed by atoms with van der Waals surface area (Å²) in [7, 11) is 0. The molecular weight excluding hydrogens is 350 g/mol. The fraction of sp³-hybridized carbons (Fsp3) is 0.150. The molecule has 0 radical (unpaired) electrons. The van der Waals surface area contributed by atoms with Crippen LogP contribution in [0.5, 0.6) is 5.75 Å². The van der Waals surface area contributed by atoms with Crippen LogP contribution in [0, 0.1) is 0 Å². The van der Waals surface area contributed by atoms with Crippen molar-refractivity contribution in [2.75, 3.05) is 18.5 Å². The number of benzene rings is 2. The van der Waals surface area contributed by atoms with E-state index in [1.165, 1.54) is 6.07 Å². The molecule has 1 amide bonds. The number of carbonyl (C=O) groups is 2. The van der Waals surface area contributed by atoms with E-state index in [9.17, 15) is 14.4 Å². The first-order valence-electron chi connectivity index (χ1n) is 8.29. The quantitative estimate of drug-likeness (QED) is 0.532. The SMILES string of the molecule is CCOC(=O)c1ccc(NC(=O)COc2ccc3ccc(=O)oc3c2)cc1. The van der Waals surface area contributed by atoms with E-state index >= 15 is 0 Å². The van der Waals surface area contributed by atoms with Gasteiger partial charge in [0.1, 0.15) is 11.3 Å². The fourth-order valence-electron chi connectivity index (χ4n) is 2.38. The van der Waals surface area contributed by atoms with Crippen LogP contribution in [0.25, 0.3) is 11.0 Å². The van der Waals surface area contributed by atoms with E-state index in [2.05, 4.69) is 5.32 Å². The normalized spacial score (nSPS) is 10.4. The summed E-state index contributed by atoms with van der Waals surface area (Å²) in [4.78, 5) is 34.9. The first-order chi connectivity index (χ1) is 13.0. The van der Waals surface area contributed by atoms with Gasteiger partial charge in [-0.3, -0.25) is 4.79 Å². The van der Waals surface area contributed by atoms with Gasteiger partial charge in [-0.25, -0.2) is 9.59 Å². The highest BCUT2D eigenvalue weighted by Crippen LogP contribution is 2.19. The molecule has 2 aromatic carbocycles. The molecule has 3 rings (SSSR count). The van der Waals surface area contributed by atoms with Crippen molar-refractivity contribution in [3.8, 4) is 5.75 Å². The smallest absolute Gasteiger partial charge is 0.338 e. The lowest BCUT2D eigenvalue weighted by Gasteiger charge is -2.08. The van der Waals surface area contributed by atoms with Gasteiger partial charge in [0, 0.05) is 23.2 Å².